The summed E-state index contributed by atoms with van der Waals surface area (Å²) in [6, 6.07) is 0.705. The van der Waals surface area contributed by atoms with Crippen molar-refractivity contribution < 1.29 is 4.74 Å². The predicted octanol–water partition coefficient (Wildman–Crippen LogP) is 2.51. The van der Waals surface area contributed by atoms with Crippen LogP contribution in [0.25, 0.3) is 0 Å². The van der Waals surface area contributed by atoms with Crippen LogP contribution in [-0.2, 0) is 4.74 Å². The number of nitrogens with one attached hydrogen (secondary N) is 1. The highest BCUT2D eigenvalue weighted by Crippen LogP contribution is 2.19. The van der Waals surface area contributed by atoms with Crippen molar-refractivity contribution in [1.29, 1.82) is 0 Å². The van der Waals surface area contributed by atoms with Crippen molar-refractivity contribution in [2.75, 3.05) is 33.3 Å². The Morgan fingerprint density at radius 2 is 2.17 bits per heavy atom. The van der Waals surface area contributed by atoms with E-state index in [1.165, 1.54) is 38.8 Å². The van der Waals surface area contributed by atoms with Gasteiger partial charge in [0.1, 0.15) is 0 Å². The third-order valence-corrected chi connectivity index (χ3v) is 4.29. The number of piperidine rings is 1. The van der Waals surface area contributed by atoms with Crippen LogP contribution < -0.4 is 5.32 Å². The van der Waals surface area contributed by atoms with Gasteiger partial charge in [-0.15, -0.1) is 0 Å². The zero-order valence-corrected chi connectivity index (χ0v) is 12.7. The first-order valence-electron chi connectivity index (χ1n) is 7.69. The van der Waals surface area contributed by atoms with E-state index in [-0.39, 0.29) is 0 Å². The summed E-state index contributed by atoms with van der Waals surface area (Å²) in [5, 5.41) is 3.55. The molecule has 108 valence electrons. The molecular formula is C15H32N2O. The molecular weight excluding hydrogens is 224 g/mol. The van der Waals surface area contributed by atoms with Crippen LogP contribution in [0.3, 0.4) is 0 Å². The summed E-state index contributed by atoms with van der Waals surface area (Å²) in [7, 11) is 1.85. The Kier molecular flexibility index (Phi) is 7.87. The maximum absolute atomic E-state index is 5.57. The van der Waals surface area contributed by atoms with Gasteiger partial charge in [-0.1, -0.05) is 20.8 Å². The van der Waals surface area contributed by atoms with Gasteiger partial charge in [0.15, 0.2) is 0 Å². The molecule has 0 amide bonds. The Morgan fingerprint density at radius 1 is 1.39 bits per heavy atom. The van der Waals surface area contributed by atoms with Crippen LogP contribution in [0.4, 0.5) is 0 Å². The lowest BCUT2D eigenvalue weighted by Gasteiger charge is -2.36. The zero-order chi connectivity index (χ0) is 13.4. The van der Waals surface area contributed by atoms with E-state index in [0.29, 0.717) is 12.1 Å². The molecule has 1 aliphatic heterocycles. The second-order valence-electron chi connectivity index (χ2n) is 5.65. The SMILES string of the molecule is CCNC(CC)CCCN1CCC(C)C(OC)C1. The Morgan fingerprint density at radius 3 is 2.78 bits per heavy atom. The molecule has 0 aliphatic carbocycles. The first-order valence-corrected chi connectivity index (χ1v) is 7.69. The molecule has 1 heterocycles. The molecule has 1 fully saturated rings. The average molecular weight is 256 g/mol. The maximum Gasteiger partial charge on any atom is 0.0724 e. The van der Waals surface area contributed by atoms with Crippen LogP contribution in [0.5, 0.6) is 0 Å². The van der Waals surface area contributed by atoms with Gasteiger partial charge in [-0.25, -0.2) is 0 Å². The van der Waals surface area contributed by atoms with E-state index < -0.39 is 0 Å². The number of ether oxygens (including phenoxy) is 1. The maximum atomic E-state index is 5.57. The van der Waals surface area contributed by atoms with E-state index in [1.807, 2.05) is 7.11 Å². The van der Waals surface area contributed by atoms with Gasteiger partial charge in [0.05, 0.1) is 6.10 Å². The third-order valence-electron chi connectivity index (χ3n) is 4.29. The van der Waals surface area contributed by atoms with E-state index >= 15 is 0 Å². The van der Waals surface area contributed by atoms with Crippen LogP contribution in [0.2, 0.25) is 0 Å². The second-order valence-corrected chi connectivity index (χ2v) is 5.65. The number of rotatable bonds is 8. The molecule has 0 aromatic carbocycles. The normalized spacial score (nSPS) is 27.3. The highest BCUT2D eigenvalue weighted by Gasteiger charge is 2.25. The topological polar surface area (TPSA) is 24.5 Å². The summed E-state index contributed by atoms with van der Waals surface area (Å²) in [6.45, 7) is 11.5. The fourth-order valence-electron chi connectivity index (χ4n) is 2.91. The Balaban J connectivity index is 2.19. The second kappa shape index (κ2) is 8.89. The van der Waals surface area contributed by atoms with Crippen LogP contribution in [0.1, 0.15) is 46.5 Å². The number of methoxy groups -OCH3 is 1. The van der Waals surface area contributed by atoms with E-state index in [9.17, 15) is 0 Å². The molecule has 0 radical (unpaired) electrons. The first-order chi connectivity index (χ1) is 8.71. The van der Waals surface area contributed by atoms with Gasteiger partial charge in [-0.05, 0) is 51.2 Å². The summed E-state index contributed by atoms with van der Waals surface area (Å²) < 4.78 is 5.57. The van der Waals surface area contributed by atoms with Crippen molar-refractivity contribution in [2.24, 2.45) is 5.92 Å². The minimum absolute atomic E-state index is 0.439. The average Bonchev–Trinajstić information content (AvgIpc) is 2.39. The van der Waals surface area contributed by atoms with Crippen molar-refractivity contribution in [3.8, 4) is 0 Å². The van der Waals surface area contributed by atoms with Crippen LogP contribution in [-0.4, -0.2) is 50.3 Å². The molecule has 0 aromatic rings. The van der Waals surface area contributed by atoms with Crippen molar-refractivity contribution in [3.63, 3.8) is 0 Å². The summed E-state index contributed by atoms with van der Waals surface area (Å²) in [5.41, 5.74) is 0. The molecule has 0 aromatic heterocycles. The van der Waals surface area contributed by atoms with Crippen molar-refractivity contribution >= 4 is 0 Å². The monoisotopic (exact) mass is 256 g/mol. The molecule has 3 unspecified atom stereocenters. The fraction of sp³-hybridized carbons (Fsp3) is 1.00. The largest absolute Gasteiger partial charge is 0.380 e. The quantitative estimate of drug-likeness (QED) is 0.722. The zero-order valence-electron chi connectivity index (χ0n) is 12.7. The minimum Gasteiger partial charge on any atom is -0.380 e. The van der Waals surface area contributed by atoms with Gasteiger partial charge in [0.2, 0.25) is 0 Å². The Hall–Kier alpha value is -0.120. The van der Waals surface area contributed by atoms with Gasteiger partial charge < -0.3 is 15.0 Å². The summed E-state index contributed by atoms with van der Waals surface area (Å²) >= 11 is 0. The van der Waals surface area contributed by atoms with E-state index in [4.69, 9.17) is 4.74 Å². The predicted molar refractivity (Wildman–Crippen MR) is 78.0 cm³/mol. The molecule has 3 nitrogen and oxygen atoms in total. The smallest absolute Gasteiger partial charge is 0.0724 e. The lowest BCUT2D eigenvalue weighted by atomic mass is 9.95. The number of nitrogens with zero attached hydrogens (tertiary/aromatic N) is 1. The molecule has 1 N–H and O–H groups in total. The van der Waals surface area contributed by atoms with Gasteiger partial charge in [-0.3, -0.25) is 0 Å². The van der Waals surface area contributed by atoms with Gasteiger partial charge in [0, 0.05) is 19.7 Å². The standard InChI is InChI=1S/C15H32N2O/c1-5-14(16-6-2)8-7-10-17-11-9-13(3)15(12-17)18-4/h13-16H,5-12H2,1-4H3. The highest BCUT2D eigenvalue weighted by molar-refractivity contribution is 4.78. The highest BCUT2D eigenvalue weighted by atomic mass is 16.5. The first kappa shape index (κ1) is 15.9. The molecule has 3 heteroatoms. The lowest BCUT2D eigenvalue weighted by Crippen LogP contribution is -2.44. The van der Waals surface area contributed by atoms with E-state index in [1.54, 1.807) is 0 Å². The van der Waals surface area contributed by atoms with Crippen LogP contribution in [0, 0.1) is 5.92 Å². The van der Waals surface area contributed by atoms with Crippen molar-refractivity contribution in [1.82, 2.24) is 10.2 Å². The fourth-order valence-corrected chi connectivity index (χ4v) is 2.91. The number of likely N-dealkylation sites (tertiary alicyclic amines) is 1. The number of hydrogen-bond acceptors (Lipinski definition) is 3. The van der Waals surface area contributed by atoms with Gasteiger partial charge >= 0.3 is 0 Å². The van der Waals surface area contributed by atoms with Gasteiger partial charge in [-0.2, -0.15) is 0 Å². The lowest BCUT2D eigenvalue weighted by molar-refractivity contribution is -0.00539. The Bertz CT molecular complexity index is 211. The minimum atomic E-state index is 0.439. The Labute approximate surface area is 113 Å². The van der Waals surface area contributed by atoms with Crippen LogP contribution in [0.15, 0.2) is 0 Å². The summed E-state index contributed by atoms with van der Waals surface area (Å²) in [4.78, 5) is 2.58. The van der Waals surface area contributed by atoms with Crippen LogP contribution >= 0.6 is 0 Å². The summed E-state index contributed by atoms with van der Waals surface area (Å²) in [6.07, 6.45) is 5.56. The molecule has 3 atom stereocenters. The summed E-state index contributed by atoms with van der Waals surface area (Å²) in [5.74, 6) is 0.719. The number of hydrogen-bond donors (Lipinski definition) is 1. The third kappa shape index (κ3) is 5.25. The van der Waals surface area contributed by atoms with Crippen molar-refractivity contribution in [3.05, 3.63) is 0 Å². The van der Waals surface area contributed by atoms with Crippen molar-refractivity contribution in [2.45, 2.75) is 58.6 Å². The van der Waals surface area contributed by atoms with E-state index in [0.717, 1.165) is 19.0 Å². The molecule has 18 heavy (non-hydrogen) atoms. The van der Waals surface area contributed by atoms with E-state index in [2.05, 4.69) is 31.0 Å². The molecule has 0 saturated carbocycles. The molecule has 0 bridgehead atoms. The van der Waals surface area contributed by atoms with Gasteiger partial charge in [0.25, 0.3) is 0 Å². The molecule has 1 aliphatic rings. The molecule has 1 saturated heterocycles. The molecule has 0 spiro atoms. The molecule has 1 rings (SSSR count).